The minimum absolute atomic E-state index is 0.217. The quantitative estimate of drug-likeness (QED) is 0.617. The van der Waals surface area contributed by atoms with Gasteiger partial charge in [-0.25, -0.2) is 0 Å². The van der Waals surface area contributed by atoms with E-state index in [9.17, 15) is 9.59 Å². The molecule has 3 N–H and O–H groups in total. The highest BCUT2D eigenvalue weighted by Gasteiger charge is 2.18. The fourth-order valence-electron chi connectivity index (χ4n) is 1.60. The predicted molar refractivity (Wildman–Crippen MR) is 66.6 cm³/mol. The first kappa shape index (κ1) is 12.3. The van der Waals surface area contributed by atoms with Crippen molar-refractivity contribution in [2.24, 2.45) is 0 Å². The lowest BCUT2D eigenvalue weighted by atomic mass is 9.81. The van der Waals surface area contributed by atoms with Crippen molar-refractivity contribution in [1.29, 1.82) is 0 Å². The van der Waals surface area contributed by atoms with Crippen LogP contribution in [0.15, 0.2) is 33.7 Å². The predicted octanol–water partition coefficient (Wildman–Crippen LogP) is -0.569. The minimum atomic E-state index is -1.87. The second-order valence-electron chi connectivity index (χ2n) is 3.79. The zero-order valence-corrected chi connectivity index (χ0v) is 9.51. The van der Waals surface area contributed by atoms with Crippen LogP contribution in [0, 0.1) is 0 Å². The third-order valence-electron chi connectivity index (χ3n) is 2.40. The minimum Gasteiger partial charge on any atom is -0.464 e. The molecule has 1 aromatic carbocycles. The summed E-state index contributed by atoms with van der Waals surface area (Å²) < 4.78 is 5.14. The van der Waals surface area contributed by atoms with E-state index < -0.39 is 12.5 Å². The lowest BCUT2D eigenvalue weighted by Gasteiger charge is -2.04. The van der Waals surface area contributed by atoms with Gasteiger partial charge in [0.2, 0.25) is 5.91 Å². The average Bonchev–Trinajstić information content (AvgIpc) is 2.27. The van der Waals surface area contributed by atoms with Crippen molar-refractivity contribution in [3.05, 3.63) is 34.7 Å². The van der Waals surface area contributed by atoms with Crippen LogP contribution >= 0.6 is 0 Å². The summed E-state index contributed by atoms with van der Waals surface area (Å²) in [4.78, 5) is 22.7. The summed E-state index contributed by atoms with van der Waals surface area (Å²) >= 11 is 0. The van der Waals surface area contributed by atoms with Crippen molar-refractivity contribution in [2.45, 2.75) is 6.92 Å². The molecule has 0 atom stereocenters. The fourth-order valence-corrected chi connectivity index (χ4v) is 1.60. The molecule has 0 saturated heterocycles. The van der Waals surface area contributed by atoms with Crippen molar-refractivity contribution in [3.8, 4) is 0 Å². The maximum absolute atomic E-state index is 11.8. The van der Waals surface area contributed by atoms with Crippen LogP contribution in [-0.2, 0) is 4.79 Å². The van der Waals surface area contributed by atoms with Gasteiger partial charge in [-0.3, -0.25) is 9.59 Å². The number of hydrogen-bond acceptors (Lipinski definition) is 5. The van der Waals surface area contributed by atoms with E-state index in [1.165, 1.54) is 25.1 Å². The average molecular weight is 247 g/mol. The molecule has 1 amide bonds. The van der Waals surface area contributed by atoms with Gasteiger partial charge in [0.05, 0.1) is 17.1 Å². The van der Waals surface area contributed by atoms with Crippen LogP contribution in [0.3, 0.4) is 0 Å². The first-order chi connectivity index (χ1) is 8.49. The van der Waals surface area contributed by atoms with Crippen LogP contribution in [0.2, 0.25) is 0 Å². The fraction of sp³-hybridized carbons (Fsp3) is 0.0909. The molecule has 18 heavy (non-hydrogen) atoms. The number of anilines is 1. The highest BCUT2D eigenvalue weighted by molar-refractivity contribution is 6.58. The lowest BCUT2D eigenvalue weighted by molar-refractivity contribution is -0.114. The summed E-state index contributed by atoms with van der Waals surface area (Å²) in [6.45, 7) is 1.37. The Morgan fingerprint density at radius 2 is 2.11 bits per heavy atom. The monoisotopic (exact) mass is 247 g/mol. The topological polar surface area (TPSA) is 99.8 Å². The molecule has 0 spiro atoms. The highest BCUT2D eigenvalue weighted by Crippen LogP contribution is 2.15. The maximum atomic E-state index is 11.8. The van der Waals surface area contributed by atoms with Crippen molar-refractivity contribution in [1.82, 2.24) is 0 Å². The highest BCUT2D eigenvalue weighted by atomic mass is 16.4. The summed E-state index contributed by atoms with van der Waals surface area (Å²) in [6, 6.07) is 4.48. The van der Waals surface area contributed by atoms with E-state index in [-0.39, 0.29) is 22.3 Å². The van der Waals surface area contributed by atoms with Gasteiger partial charge in [-0.15, -0.1) is 0 Å². The number of rotatable bonds is 2. The molecular weight excluding hydrogens is 237 g/mol. The third kappa shape index (κ3) is 2.27. The number of amides is 1. The Morgan fingerprint density at radius 1 is 1.39 bits per heavy atom. The zero-order chi connectivity index (χ0) is 13.3. The molecule has 0 saturated carbocycles. The summed E-state index contributed by atoms with van der Waals surface area (Å²) in [7, 11) is -1.87. The third-order valence-corrected chi connectivity index (χ3v) is 2.40. The van der Waals surface area contributed by atoms with Crippen LogP contribution in [0.4, 0.5) is 5.69 Å². The van der Waals surface area contributed by atoms with Gasteiger partial charge in [-0.1, -0.05) is 0 Å². The van der Waals surface area contributed by atoms with Gasteiger partial charge < -0.3 is 19.8 Å². The largest absolute Gasteiger partial charge is 0.495 e. The van der Waals surface area contributed by atoms with E-state index in [1.54, 1.807) is 0 Å². The first-order valence-corrected chi connectivity index (χ1v) is 5.18. The Labute approximate surface area is 102 Å². The number of fused-ring (bicyclic) bond motifs is 1. The smallest absolute Gasteiger partial charge is 0.464 e. The van der Waals surface area contributed by atoms with E-state index >= 15 is 0 Å². The van der Waals surface area contributed by atoms with Crippen LogP contribution in [0.25, 0.3) is 11.0 Å². The standard InChI is InChI=1S/C11H10BNO5/c1-6(14)13-7-2-3-8-10(4-7)18-5-9(11(8)15)12(16)17/h2-5,16-17H,1H3,(H,13,14). The van der Waals surface area contributed by atoms with Crippen LogP contribution in [0.1, 0.15) is 6.92 Å². The first-order valence-electron chi connectivity index (χ1n) is 5.18. The van der Waals surface area contributed by atoms with Gasteiger partial charge in [0.15, 0.2) is 5.43 Å². The number of carbonyl (C=O) groups excluding carboxylic acids is 1. The summed E-state index contributed by atoms with van der Waals surface area (Å²) in [5.74, 6) is -0.237. The Hall–Kier alpha value is -2.12. The molecule has 1 aromatic heterocycles. The van der Waals surface area contributed by atoms with Crippen molar-refractivity contribution in [3.63, 3.8) is 0 Å². The zero-order valence-electron chi connectivity index (χ0n) is 9.51. The molecule has 92 valence electrons. The van der Waals surface area contributed by atoms with Gasteiger partial charge >= 0.3 is 7.12 Å². The lowest BCUT2D eigenvalue weighted by Crippen LogP contribution is -2.41. The van der Waals surface area contributed by atoms with Gasteiger partial charge in [0, 0.05) is 18.7 Å². The Balaban J connectivity index is 2.58. The molecule has 7 heteroatoms. The van der Waals surface area contributed by atoms with Gasteiger partial charge in [0.1, 0.15) is 5.58 Å². The molecule has 2 aromatic rings. The van der Waals surface area contributed by atoms with Crippen LogP contribution in [-0.4, -0.2) is 23.1 Å². The molecule has 0 radical (unpaired) electrons. The summed E-state index contributed by atoms with van der Waals surface area (Å²) in [5.41, 5.74) is 0.0153. The molecule has 2 rings (SSSR count). The molecule has 0 fully saturated rings. The van der Waals surface area contributed by atoms with Crippen LogP contribution in [0.5, 0.6) is 0 Å². The van der Waals surface area contributed by atoms with Crippen molar-refractivity contribution >= 4 is 35.1 Å². The molecular formula is C11H10BNO5. The van der Waals surface area contributed by atoms with E-state index in [2.05, 4.69) is 5.32 Å². The summed E-state index contributed by atoms with van der Waals surface area (Å²) in [5, 5.41) is 20.7. The number of benzene rings is 1. The number of carbonyl (C=O) groups is 1. The Kier molecular flexibility index (Phi) is 3.18. The Bertz CT molecular complexity index is 664. The molecule has 0 aliphatic heterocycles. The van der Waals surface area contributed by atoms with Gasteiger partial charge in [-0.05, 0) is 12.1 Å². The second kappa shape index (κ2) is 4.63. The molecule has 0 aliphatic rings. The van der Waals surface area contributed by atoms with E-state index in [4.69, 9.17) is 14.5 Å². The number of nitrogens with one attached hydrogen (secondary N) is 1. The number of hydrogen-bond donors (Lipinski definition) is 3. The van der Waals surface area contributed by atoms with Crippen molar-refractivity contribution < 1.29 is 19.3 Å². The van der Waals surface area contributed by atoms with E-state index in [1.807, 2.05) is 0 Å². The second-order valence-corrected chi connectivity index (χ2v) is 3.79. The molecule has 1 heterocycles. The van der Waals surface area contributed by atoms with Gasteiger partial charge in [-0.2, -0.15) is 0 Å². The normalized spacial score (nSPS) is 10.4. The van der Waals surface area contributed by atoms with E-state index in [0.29, 0.717) is 5.69 Å². The maximum Gasteiger partial charge on any atom is 0.495 e. The summed E-state index contributed by atoms with van der Waals surface area (Å²) in [6.07, 6.45) is 0.993. The SMILES string of the molecule is CC(=O)Nc1ccc2c(=O)c(B(O)O)coc2c1. The van der Waals surface area contributed by atoms with Gasteiger partial charge in [0.25, 0.3) is 0 Å². The molecule has 0 aliphatic carbocycles. The molecule has 0 bridgehead atoms. The molecule has 6 nitrogen and oxygen atoms in total. The Morgan fingerprint density at radius 3 is 2.72 bits per heavy atom. The van der Waals surface area contributed by atoms with Crippen LogP contribution < -0.4 is 16.2 Å². The molecule has 0 unspecified atom stereocenters. The van der Waals surface area contributed by atoms with E-state index in [0.717, 1.165) is 6.26 Å². The van der Waals surface area contributed by atoms with Crippen molar-refractivity contribution in [2.75, 3.05) is 5.32 Å².